The normalized spacial score (nSPS) is 11.5. The van der Waals surface area contributed by atoms with Crippen molar-refractivity contribution >= 4 is 58.1 Å². The summed E-state index contributed by atoms with van der Waals surface area (Å²) in [5.74, 6) is 1.77. The molecule has 0 bridgehead atoms. The Morgan fingerprint density at radius 2 is 1.91 bits per heavy atom. The average molecular weight is 389 g/mol. The van der Waals surface area contributed by atoms with Crippen molar-refractivity contribution in [2.45, 2.75) is 26.5 Å². The maximum absolute atomic E-state index is 12.1. The summed E-state index contributed by atoms with van der Waals surface area (Å²) in [6.07, 6.45) is 0. The van der Waals surface area contributed by atoms with Crippen molar-refractivity contribution in [2.75, 3.05) is 11.1 Å². The second-order valence-corrected chi connectivity index (χ2v) is 8.82. The van der Waals surface area contributed by atoms with Gasteiger partial charge >= 0.3 is 0 Å². The number of nitrogens with one attached hydrogen (secondary N) is 1. The van der Waals surface area contributed by atoms with Gasteiger partial charge in [-0.3, -0.25) is 4.79 Å². The second kappa shape index (κ2) is 7.88. The van der Waals surface area contributed by atoms with E-state index in [1.807, 2.05) is 36.0 Å². The molecule has 1 N–H and O–H groups in total. The molecule has 0 aliphatic rings. The highest BCUT2D eigenvalue weighted by atomic mass is 35.5. The Hall–Kier alpha value is -0.750. The molecule has 1 aromatic heterocycles. The lowest BCUT2D eigenvalue weighted by Gasteiger charge is -2.17. The third kappa shape index (κ3) is 5.68. The zero-order chi connectivity index (χ0) is 17.0. The largest absolute Gasteiger partial charge is 0.321 e. The van der Waals surface area contributed by atoms with E-state index in [0.29, 0.717) is 10.3 Å². The van der Waals surface area contributed by atoms with Crippen LogP contribution < -0.4 is 5.32 Å². The molecule has 2 rings (SSSR count). The number of amides is 1. The Morgan fingerprint density at radius 1 is 1.26 bits per heavy atom. The van der Waals surface area contributed by atoms with Gasteiger partial charge in [0.25, 0.3) is 5.91 Å². The summed E-state index contributed by atoms with van der Waals surface area (Å²) in [4.78, 5) is 12.4. The summed E-state index contributed by atoms with van der Waals surface area (Å²) in [5.41, 5.74) is 2.28. The summed E-state index contributed by atoms with van der Waals surface area (Å²) in [7, 11) is 0. The van der Waals surface area contributed by atoms with E-state index in [1.54, 1.807) is 0 Å². The van der Waals surface area contributed by atoms with Crippen LogP contribution in [0.3, 0.4) is 0 Å². The van der Waals surface area contributed by atoms with Crippen molar-refractivity contribution < 1.29 is 4.79 Å². The fourth-order valence-electron chi connectivity index (χ4n) is 1.75. The number of halogens is 2. The molecule has 0 saturated carbocycles. The van der Waals surface area contributed by atoms with Gasteiger partial charge in [0, 0.05) is 11.4 Å². The number of carbonyl (C=O) groups is 1. The molecule has 0 aliphatic heterocycles. The molecule has 1 amide bonds. The van der Waals surface area contributed by atoms with Gasteiger partial charge in [-0.15, -0.1) is 0 Å². The molecule has 0 aliphatic carbocycles. The predicted octanol–water partition coefficient (Wildman–Crippen LogP) is 5.98. The van der Waals surface area contributed by atoms with E-state index >= 15 is 0 Å². The molecule has 1 aromatic carbocycles. The van der Waals surface area contributed by atoms with Gasteiger partial charge in [-0.05, 0) is 40.4 Å². The Morgan fingerprint density at radius 3 is 2.43 bits per heavy atom. The van der Waals surface area contributed by atoms with Gasteiger partial charge in [-0.1, -0.05) is 56.1 Å². The van der Waals surface area contributed by atoms with Gasteiger partial charge in [-0.25, -0.2) is 0 Å². The predicted molar refractivity (Wildman–Crippen MR) is 102 cm³/mol. The summed E-state index contributed by atoms with van der Waals surface area (Å²) >= 11 is 14.6. The number of rotatable bonds is 5. The van der Waals surface area contributed by atoms with E-state index in [0.717, 1.165) is 28.7 Å². The number of aromatic nitrogens is 1. The van der Waals surface area contributed by atoms with Gasteiger partial charge in [0.05, 0.1) is 0 Å². The van der Waals surface area contributed by atoms with Gasteiger partial charge in [-0.2, -0.15) is 16.1 Å². The van der Waals surface area contributed by atoms with E-state index in [2.05, 4.69) is 30.5 Å². The highest BCUT2D eigenvalue weighted by Crippen LogP contribution is 2.29. The minimum atomic E-state index is -0.297. The average Bonchev–Trinajstić information content (AvgIpc) is 2.80. The molecule has 7 heteroatoms. The highest BCUT2D eigenvalue weighted by molar-refractivity contribution is 7.98. The van der Waals surface area contributed by atoms with Crippen LogP contribution in [0, 0.1) is 5.41 Å². The lowest BCUT2D eigenvalue weighted by Crippen LogP contribution is -2.10. The third-order valence-corrected chi connectivity index (χ3v) is 6.22. The van der Waals surface area contributed by atoms with Crippen molar-refractivity contribution in [1.82, 2.24) is 4.37 Å². The minimum absolute atomic E-state index is 0.160. The van der Waals surface area contributed by atoms with Gasteiger partial charge in [0.2, 0.25) is 0 Å². The molecule has 0 atom stereocenters. The molecule has 3 nitrogen and oxygen atoms in total. The van der Waals surface area contributed by atoms with Crippen LogP contribution in [-0.4, -0.2) is 16.0 Å². The first-order valence-electron chi connectivity index (χ1n) is 7.05. The number of hydrogen-bond donors (Lipinski definition) is 1. The lowest BCUT2D eigenvalue weighted by atomic mass is 10.0. The number of anilines is 1. The minimum Gasteiger partial charge on any atom is -0.321 e. The Balaban J connectivity index is 1.92. The fourth-order valence-corrected chi connectivity index (χ4v) is 4.00. The molecule has 0 spiro atoms. The molecule has 0 saturated heterocycles. The quantitative estimate of drug-likeness (QED) is 0.684. The van der Waals surface area contributed by atoms with Crippen molar-refractivity contribution in [3.8, 4) is 0 Å². The number of benzene rings is 1. The monoisotopic (exact) mass is 388 g/mol. The maximum atomic E-state index is 12.1. The molecular formula is C16H18Cl2N2OS2. The van der Waals surface area contributed by atoms with Crippen LogP contribution in [0.5, 0.6) is 0 Å². The van der Waals surface area contributed by atoms with E-state index in [-0.39, 0.29) is 16.1 Å². The highest BCUT2D eigenvalue weighted by Gasteiger charge is 2.17. The molecule has 23 heavy (non-hydrogen) atoms. The van der Waals surface area contributed by atoms with Crippen molar-refractivity contribution in [3.63, 3.8) is 0 Å². The third-order valence-electron chi connectivity index (χ3n) is 2.82. The van der Waals surface area contributed by atoms with E-state index in [9.17, 15) is 4.79 Å². The molecule has 0 fully saturated rings. The Bertz CT molecular complexity index is 678. The van der Waals surface area contributed by atoms with Crippen LogP contribution in [0.4, 0.5) is 5.69 Å². The number of thioether (sulfide) groups is 1. The maximum Gasteiger partial charge on any atom is 0.268 e. The first-order chi connectivity index (χ1) is 10.8. The summed E-state index contributed by atoms with van der Waals surface area (Å²) in [5, 5.41) is 3.16. The first-order valence-corrected chi connectivity index (χ1v) is 9.73. The first kappa shape index (κ1) is 18.6. The van der Waals surface area contributed by atoms with Crippen LogP contribution in [-0.2, 0) is 5.75 Å². The van der Waals surface area contributed by atoms with Crippen molar-refractivity contribution in [2.24, 2.45) is 5.41 Å². The summed E-state index contributed by atoms with van der Waals surface area (Å²) in [6, 6.07) is 7.82. The van der Waals surface area contributed by atoms with E-state index in [4.69, 9.17) is 23.2 Å². The standard InChI is InChI=1S/C16H18Cl2N2OS2/c1-16(2,3)9-22-8-10-4-6-11(7-5-10)19-15(21)13-12(17)14(18)20-23-13/h4-7H,8-9H2,1-3H3,(H,19,21). The van der Waals surface area contributed by atoms with Crippen LogP contribution in [0.2, 0.25) is 10.2 Å². The number of hydrogen-bond acceptors (Lipinski definition) is 4. The van der Waals surface area contributed by atoms with E-state index in [1.165, 1.54) is 5.56 Å². The zero-order valence-corrected chi connectivity index (χ0v) is 16.3. The van der Waals surface area contributed by atoms with Crippen LogP contribution in [0.25, 0.3) is 0 Å². The topological polar surface area (TPSA) is 42.0 Å². The van der Waals surface area contributed by atoms with Crippen molar-refractivity contribution in [3.05, 3.63) is 44.9 Å². The van der Waals surface area contributed by atoms with Gasteiger partial charge in [0.15, 0.2) is 5.15 Å². The zero-order valence-electron chi connectivity index (χ0n) is 13.2. The summed E-state index contributed by atoms with van der Waals surface area (Å²) < 4.78 is 3.86. The number of nitrogens with zero attached hydrogens (tertiary/aromatic N) is 1. The van der Waals surface area contributed by atoms with Crippen LogP contribution in [0.1, 0.15) is 36.0 Å². The van der Waals surface area contributed by atoms with Crippen LogP contribution >= 0.6 is 46.5 Å². The smallest absolute Gasteiger partial charge is 0.268 e. The SMILES string of the molecule is CC(C)(C)CSCc1ccc(NC(=O)c2snc(Cl)c2Cl)cc1. The van der Waals surface area contributed by atoms with E-state index < -0.39 is 0 Å². The molecule has 124 valence electrons. The molecule has 0 radical (unpaired) electrons. The summed E-state index contributed by atoms with van der Waals surface area (Å²) in [6.45, 7) is 6.69. The van der Waals surface area contributed by atoms with Crippen LogP contribution in [0.15, 0.2) is 24.3 Å². The lowest BCUT2D eigenvalue weighted by molar-refractivity contribution is 0.103. The molecule has 1 heterocycles. The van der Waals surface area contributed by atoms with Crippen molar-refractivity contribution in [1.29, 1.82) is 0 Å². The molecule has 2 aromatic rings. The number of carbonyl (C=O) groups excluding carboxylic acids is 1. The fraction of sp³-hybridized carbons (Fsp3) is 0.375. The molecular weight excluding hydrogens is 371 g/mol. The Kier molecular flexibility index (Phi) is 6.37. The van der Waals surface area contributed by atoms with Gasteiger partial charge < -0.3 is 5.32 Å². The van der Waals surface area contributed by atoms with Gasteiger partial charge in [0.1, 0.15) is 9.90 Å². The molecule has 0 unspecified atom stereocenters. The second-order valence-electron chi connectivity index (χ2n) is 6.32. The Labute approximate surface area is 154 Å².